The van der Waals surface area contributed by atoms with E-state index >= 15 is 0 Å². The van der Waals surface area contributed by atoms with E-state index in [1.54, 1.807) is 0 Å². The summed E-state index contributed by atoms with van der Waals surface area (Å²) in [6.45, 7) is 2.22. The molecule has 0 aliphatic rings. The number of imidazole rings is 2. The van der Waals surface area contributed by atoms with Gasteiger partial charge in [-0.3, -0.25) is 0 Å². The molecule has 0 bridgehead atoms. The molecule has 2 aromatic heterocycles. The Morgan fingerprint density at radius 3 is 1.83 bits per heavy atom. The van der Waals surface area contributed by atoms with Gasteiger partial charge in [-0.15, -0.1) is 0 Å². The summed E-state index contributed by atoms with van der Waals surface area (Å²) in [4.78, 5) is 16.5. The van der Waals surface area contributed by atoms with Crippen molar-refractivity contribution in [1.82, 2.24) is 19.9 Å². The van der Waals surface area contributed by atoms with Crippen LogP contribution in [0, 0.1) is 0 Å². The van der Waals surface area contributed by atoms with Gasteiger partial charge >= 0.3 is 0 Å². The number of aromatic nitrogens is 4. The maximum Gasteiger partial charge on any atom is 0.117 e. The van der Waals surface area contributed by atoms with Crippen LogP contribution in [-0.2, 0) is 0 Å². The summed E-state index contributed by atoms with van der Waals surface area (Å²) in [5, 5.41) is 0. The van der Waals surface area contributed by atoms with Crippen molar-refractivity contribution in [3.63, 3.8) is 0 Å². The molecule has 2 aromatic carbocycles. The first-order valence-corrected chi connectivity index (χ1v) is 8.24. The molecule has 0 amide bonds. The Labute approximate surface area is 135 Å². The normalized spacial score (nSPS) is 11.7. The summed E-state index contributed by atoms with van der Waals surface area (Å²) in [6, 6.07) is 16.3. The predicted molar refractivity (Wildman–Crippen MR) is 93.6 cm³/mol. The second-order valence-corrected chi connectivity index (χ2v) is 5.97. The third-order valence-corrected chi connectivity index (χ3v) is 4.32. The SMILES string of the molecule is CCCCC(c1nc2ccccc2[nH]1)c1nc2ccccc2[nH]1. The van der Waals surface area contributed by atoms with Gasteiger partial charge in [-0.05, 0) is 30.7 Å². The molecule has 0 unspecified atom stereocenters. The average Bonchev–Trinajstić information content (AvgIpc) is 3.19. The fourth-order valence-electron chi connectivity index (χ4n) is 3.09. The fourth-order valence-corrected chi connectivity index (χ4v) is 3.09. The van der Waals surface area contributed by atoms with E-state index in [0.29, 0.717) is 0 Å². The first-order chi connectivity index (χ1) is 11.3. The maximum atomic E-state index is 4.80. The quantitative estimate of drug-likeness (QED) is 0.558. The number of fused-ring (bicyclic) bond motifs is 2. The number of nitrogens with zero attached hydrogens (tertiary/aromatic N) is 2. The Kier molecular flexibility index (Phi) is 3.58. The smallest absolute Gasteiger partial charge is 0.117 e. The van der Waals surface area contributed by atoms with Gasteiger partial charge in [0.15, 0.2) is 0 Å². The summed E-state index contributed by atoms with van der Waals surface area (Å²) in [5.41, 5.74) is 4.19. The lowest BCUT2D eigenvalue weighted by atomic mass is 10.0. The molecule has 2 heterocycles. The van der Waals surface area contributed by atoms with Crippen LogP contribution in [0.15, 0.2) is 48.5 Å². The molecule has 0 spiro atoms. The Morgan fingerprint density at radius 2 is 1.35 bits per heavy atom. The molecule has 0 saturated heterocycles. The first-order valence-electron chi connectivity index (χ1n) is 8.24. The molecule has 23 heavy (non-hydrogen) atoms. The minimum atomic E-state index is 0.176. The van der Waals surface area contributed by atoms with Crippen molar-refractivity contribution < 1.29 is 0 Å². The number of rotatable bonds is 5. The lowest BCUT2D eigenvalue weighted by Crippen LogP contribution is -2.05. The van der Waals surface area contributed by atoms with E-state index in [9.17, 15) is 0 Å². The van der Waals surface area contributed by atoms with Crippen LogP contribution >= 0.6 is 0 Å². The highest BCUT2D eigenvalue weighted by molar-refractivity contribution is 5.76. The molecule has 0 aliphatic carbocycles. The number of nitrogens with one attached hydrogen (secondary N) is 2. The van der Waals surface area contributed by atoms with Crippen LogP contribution in [0.1, 0.15) is 43.8 Å². The van der Waals surface area contributed by atoms with Crippen LogP contribution in [0.4, 0.5) is 0 Å². The average molecular weight is 304 g/mol. The fraction of sp³-hybridized carbons (Fsp3) is 0.263. The Morgan fingerprint density at radius 1 is 0.826 bits per heavy atom. The molecule has 0 fully saturated rings. The number of hydrogen-bond acceptors (Lipinski definition) is 2. The van der Waals surface area contributed by atoms with Crippen LogP contribution in [0.2, 0.25) is 0 Å². The van der Waals surface area contributed by atoms with E-state index in [2.05, 4.69) is 29.0 Å². The lowest BCUT2D eigenvalue weighted by molar-refractivity contribution is 0.608. The van der Waals surface area contributed by atoms with Crippen LogP contribution in [0.5, 0.6) is 0 Å². The molecule has 116 valence electrons. The molecule has 4 aromatic rings. The minimum Gasteiger partial charge on any atom is -0.341 e. The third kappa shape index (κ3) is 2.61. The van der Waals surface area contributed by atoms with Crippen molar-refractivity contribution in [1.29, 1.82) is 0 Å². The molecule has 4 nitrogen and oxygen atoms in total. The Hall–Kier alpha value is -2.62. The zero-order valence-corrected chi connectivity index (χ0v) is 13.2. The van der Waals surface area contributed by atoms with Crippen LogP contribution in [0.3, 0.4) is 0 Å². The van der Waals surface area contributed by atoms with Gasteiger partial charge in [-0.2, -0.15) is 0 Å². The van der Waals surface area contributed by atoms with Crippen LogP contribution in [0.25, 0.3) is 22.1 Å². The van der Waals surface area contributed by atoms with Gasteiger partial charge < -0.3 is 9.97 Å². The Bertz CT molecular complexity index is 795. The number of H-pyrrole nitrogens is 2. The van der Waals surface area contributed by atoms with Gasteiger partial charge in [-0.1, -0.05) is 44.0 Å². The maximum absolute atomic E-state index is 4.80. The van der Waals surface area contributed by atoms with Gasteiger partial charge in [-0.25, -0.2) is 9.97 Å². The summed E-state index contributed by atoms with van der Waals surface area (Å²) in [5.74, 6) is 2.17. The van der Waals surface area contributed by atoms with Crippen molar-refractivity contribution in [2.24, 2.45) is 0 Å². The number of para-hydroxylation sites is 4. The molecule has 0 aliphatic heterocycles. The van der Waals surface area contributed by atoms with Gasteiger partial charge in [0, 0.05) is 0 Å². The highest BCUT2D eigenvalue weighted by Gasteiger charge is 2.21. The van der Waals surface area contributed by atoms with Crippen LogP contribution in [-0.4, -0.2) is 19.9 Å². The third-order valence-electron chi connectivity index (χ3n) is 4.32. The van der Waals surface area contributed by atoms with Gasteiger partial charge in [0.2, 0.25) is 0 Å². The first kappa shape index (κ1) is 14.0. The molecule has 2 N–H and O–H groups in total. The van der Waals surface area contributed by atoms with Gasteiger partial charge in [0.1, 0.15) is 11.6 Å². The van der Waals surface area contributed by atoms with Crippen molar-refractivity contribution in [2.45, 2.75) is 32.1 Å². The zero-order valence-electron chi connectivity index (χ0n) is 13.2. The van der Waals surface area contributed by atoms with Crippen LogP contribution < -0.4 is 0 Å². The monoisotopic (exact) mass is 304 g/mol. The van der Waals surface area contributed by atoms with Gasteiger partial charge in [0.05, 0.1) is 28.0 Å². The highest BCUT2D eigenvalue weighted by Crippen LogP contribution is 2.29. The van der Waals surface area contributed by atoms with Crippen molar-refractivity contribution in [3.05, 3.63) is 60.2 Å². The topological polar surface area (TPSA) is 57.4 Å². The number of benzene rings is 2. The van der Waals surface area contributed by atoms with E-state index in [1.807, 2.05) is 36.4 Å². The second-order valence-electron chi connectivity index (χ2n) is 5.97. The van der Waals surface area contributed by atoms with E-state index in [4.69, 9.17) is 9.97 Å². The number of aromatic amines is 2. The van der Waals surface area contributed by atoms with Crippen molar-refractivity contribution >= 4 is 22.1 Å². The molecule has 0 saturated carbocycles. The molecule has 0 radical (unpaired) electrons. The van der Waals surface area contributed by atoms with Crippen molar-refractivity contribution in [3.8, 4) is 0 Å². The predicted octanol–water partition coefficient (Wildman–Crippen LogP) is 4.76. The number of unbranched alkanes of at least 4 members (excludes halogenated alkanes) is 1. The zero-order chi connectivity index (χ0) is 15.6. The van der Waals surface area contributed by atoms with E-state index < -0.39 is 0 Å². The lowest BCUT2D eigenvalue weighted by Gasteiger charge is -2.11. The standard InChI is InChI=1S/C19H20N4/c1-2-3-8-13(18-20-14-9-4-5-10-15(14)21-18)19-22-16-11-6-7-12-17(16)23-19/h4-7,9-13H,2-3,8H2,1H3,(H,20,21)(H,22,23). The van der Waals surface area contributed by atoms with Gasteiger partial charge in [0.25, 0.3) is 0 Å². The minimum absolute atomic E-state index is 0.176. The molecule has 4 rings (SSSR count). The largest absolute Gasteiger partial charge is 0.341 e. The summed E-state index contributed by atoms with van der Waals surface area (Å²) in [6.07, 6.45) is 3.35. The van der Waals surface area contributed by atoms with Crippen molar-refractivity contribution in [2.75, 3.05) is 0 Å². The molecular weight excluding hydrogens is 284 g/mol. The summed E-state index contributed by atoms with van der Waals surface area (Å²) < 4.78 is 0. The van der Waals surface area contributed by atoms with E-state index in [-0.39, 0.29) is 5.92 Å². The van der Waals surface area contributed by atoms with E-state index in [0.717, 1.165) is 53.0 Å². The van der Waals surface area contributed by atoms with E-state index in [1.165, 1.54) is 0 Å². The summed E-state index contributed by atoms with van der Waals surface area (Å²) >= 11 is 0. The summed E-state index contributed by atoms with van der Waals surface area (Å²) in [7, 11) is 0. The highest BCUT2D eigenvalue weighted by atomic mass is 15.0. The number of hydrogen-bond donors (Lipinski definition) is 2. The second kappa shape index (κ2) is 5.88. The molecule has 0 atom stereocenters. The molecular formula is C19H20N4. The Balaban J connectivity index is 1.79. The molecule has 4 heteroatoms.